The van der Waals surface area contributed by atoms with Gasteiger partial charge in [-0.05, 0) is 48.5 Å². The Morgan fingerprint density at radius 1 is 0.949 bits per heavy atom. The van der Waals surface area contributed by atoms with Gasteiger partial charge >= 0.3 is 17.6 Å². The fraction of sp³-hybridized carbons (Fsp3) is 0.333. The molecule has 1 aliphatic rings. The van der Waals surface area contributed by atoms with Crippen molar-refractivity contribution in [3.8, 4) is 0 Å². The number of hydrogen-bond acceptors (Lipinski definition) is 7. The number of aromatic amines is 1. The van der Waals surface area contributed by atoms with Gasteiger partial charge in [0.15, 0.2) is 0 Å². The van der Waals surface area contributed by atoms with Gasteiger partial charge in [-0.25, -0.2) is 19.0 Å². The van der Waals surface area contributed by atoms with E-state index in [4.69, 9.17) is 37.4 Å². The fourth-order valence-electron chi connectivity index (χ4n) is 3.48. The summed E-state index contributed by atoms with van der Waals surface area (Å²) in [5.41, 5.74) is -1.71. The summed E-state index contributed by atoms with van der Waals surface area (Å²) in [5.74, 6) is -2.62. The van der Waals surface area contributed by atoms with Crippen LogP contribution in [0.2, 0.25) is 10.0 Å². The lowest BCUT2D eigenvalue weighted by atomic mass is 10.1. The van der Waals surface area contributed by atoms with Crippen LogP contribution < -0.4 is 11.2 Å². The van der Waals surface area contributed by atoms with Crippen LogP contribution in [-0.2, 0) is 14.2 Å². The molecule has 3 atom stereocenters. The second-order valence-electron chi connectivity index (χ2n) is 7.54. The maximum Gasteiger partial charge on any atom is 0.338 e. The van der Waals surface area contributed by atoms with E-state index in [9.17, 15) is 23.6 Å². The third-order valence-electron chi connectivity index (χ3n) is 5.23. The van der Waals surface area contributed by atoms with Crippen molar-refractivity contribution in [2.75, 3.05) is 6.61 Å². The minimum absolute atomic E-state index is 0.172. The molecule has 1 aromatic heterocycles. The monoisotopic (exact) mass is 582 g/mol. The maximum atomic E-state index is 13.8. The van der Waals surface area contributed by atoms with Gasteiger partial charge in [0.2, 0.25) is 5.82 Å². The summed E-state index contributed by atoms with van der Waals surface area (Å²) in [5, 5.41) is 0.853. The van der Waals surface area contributed by atoms with Crippen LogP contribution in [0.5, 0.6) is 0 Å². The fourth-order valence-corrected chi connectivity index (χ4v) is 3.73. The zero-order valence-corrected chi connectivity index (χ0v) is 23.3. The standard InChI is InChI=1S/C23H17Cl2FN2O7.2C2H6/c24-14-5-1-12(2-6-14)21(30)33-11-18-17(35-22(31)13-3-7-15(25)8-4-13)9-19(34-18)28-20(29)16(26)10-27-23(28)32;2*1-2/h1-8,10,17-19H,9,11H2,(H,27,32);2*1-2H3/t17?,18?,19-;;/m1../s1. The number of carbonyl (C=O) groups is 2. The van der Waals surface area contributed by atoms with Gasteiger partial charge in [0, 0.05) is 22.7 Å². The van der Waals surface area contributed by atoms with Crippen LogP contribution in [0.3, 0.4) is 0 Å². The number of aromatic nitrogens is 2. The first-order chi connectivity index (χ1) is 18.7. The predicted octanol–water partition coefficient (Wildman–Crippen LogP) is 5.41. The minimum Gasteiger partial charge on any atom is -0.459 e. The molecule has 0 amide bonds. The zero-order valence-electron chi connectivity index (χ0n) is 21.8. The highest BCUT2D eigenvalue weighted by Crippen LogP contribution is 2.30. The zero-order chi connectivity index (χ0) is 29.1. The molecule has 2 aromatic carbocycles. The molecule has 1 N–H and O–H groups in total. The van der Waals surface area contributed by atoms with E-state index in [1.165, 1.54) is 48.5 Å². The van der Waals surface area contributed by atoms with Gasteiger partial charge in [0.25, 0.3) is 5.56 Å². The Bertz CT molecular complexity index is 1360. The van der Waals surface area contributed by atoms with Gasteiger partial charge in [-0.3, -0.25) is 4.79 Å². The normalized spacial score (nSPS) is 17.7. The first kappa shape index (κ1) is 31.7. The Kier molecular flexibility index (Phi) is 12.4. The molecule has 0 radical (unpaired) electrons. The number of nitrogens with zero attached hydrogens (tertiary/aromatic N) is 1. The maximum absolute atomic E-state index is 13.8. The number of carbonyl (C=O) groups excluding carboxylic acids is 2. The molecule has 0 spiro atoms. The second kappa shape index (κ2) is 15.2. The van der Waals surface area contributed by atoms with Crippen molar-refractivity contribution in [3.63, 3.8) is 0 Å². The average Bonchev–Trinajstić information content (AvgIpc) is 3.34. The molecule has 2 heterocycles. The van der Waals surface area contributed by atoms with Crippen LogP contribution in [0.4, 0.5) is 4.39 Å². The summed E-state index contributed by atoms with van der Waals surface area (Å²) < 4.78 is 30.9. The van der Waals surface area contributed by atoms with Crippen LogP contribution >= 0.6 is 23.2 Å². The number of benzene rings is 2. The van der Waals surface area contributed by atoms with E-state index in [1.54, 1.807) is 0 Å². The number of rotatable bonds is 6. The molecule has 4 rings (SSSR count). The summed E-state index contributed by atoms with van der Waals surface area (Å²) in [6.07, 6.45) is -2.89. The highest BCUT2D eigenvalue weighted by atomic mass is 35.5. The number of H-pyrrole nitrogens is 1. The molecule has 39 heavy (non-hydrogen) atoms. The summed E-state index contributed by atoms with van der Waals surface area (Å²) in [6, 6.07) is 11.9. The van der Waals surface area contributed by atoms with Gasteiger partial charge in [-0.15, -0.1) is 0 Å². The van der Waals surface area contributed by atoms with Crippen molar-refractivity contribution in [2.24, 2.45) is 0 Å². The summed E-state index contributed by atoms with van der Waals surface area (Å²) >= 11 is 11.7. The molecule has 3 aromatic rings. The number of halogens is 3. The van der Waals surface area contributed by atoms with Crippen LogP contribution in [0.15, 0.2) is 64.3 Å². The predicted molar refractivity (Wildman–Crippen MR) is 145 cm³/mol. The third-order valence-corrected chi connectivity index (χ3v) is 5.73. The highest BCUT2D eigenvalue weighted by Gasteiger charge is 2.41. The Balaban J connectivity index is 0.00000127. The van der Waals surface area contributed by atoms with Crippen molar-refractivity contribution in [2.45, 2.75) is 52.6 Å². The highest BCUT2D eigenvalue weighted by molar-refractivity contribution is 6.31. The SMILES string of the molecule is CC.CC.O=C(OCC1O[C@@H](n2c(=O)[nH]cc(F)c2=O)CC1OC(=O)c1ccc(Cl)cc1)c1ccc(Cl)cc1. The average molecular weight is 583 g/mol. The Hall–Kier alpha value is -3.47. The second-order valence-corrected chi connectivity index (χ2v) is 8.41. The smallest absolute Gasteiger partial charge is 0.338 e. The minimum atomic E-state index is -1.27. The Morgan fingerprint density at radius 3 is 2.00 bits per heavy atom. The molecule has 0 aliphatic carbocycles. The van der Waals surface area contributed by atoms with E-state index < -0.39 is 47.4 Å². The van der Waals surface area contributed by atoms with Gasteiger partial charge in [0.05, 0.1) is 11.1 Å². The van der Waals surface area contributed by atoms with E-state index in [1.807, 2.05) is 27.7 Å². The molecule has 0 saturated carbocycles. The summed E-state index contributed by atoms with van der Waals surface area (Å²) in [7, 11) is 0. The number of esters is 2. The van der Waals surface area contributed by atoms with E-state index in [-0.39, 0.29) is 24.2 Å². The lowest BCUT2D eigenvalue weighted by Gasteiger charge is -2.19. The topological polar surface area (TPSA) is 117 Å². The Labute approximate surface area is 234 Å². The molecule has 210 valence electrons. The number of ether oxygens (including phenoxy) is 3. The Morgan fingerprint density at radius 2 is 1.46 bits per heavy atom. The van der Waals surface area contributed by atoms with E-state index in [0.29, 0.717) is 20.8 Å². The van der Waals surface area contributed by atoms with Crippen molar-refractivity contribution in [1.29, 1.82) is 0 Å². The lowest BCUT2D eigenvalue weighted by Crippen LogP contribution is -2.39. The van der Waals surface area contributed by atoms with Gasteiger partial charge in [0.1, 0.15) is 25.0 Å². The van der Waals surface area contributed by atoms with Gasteiger partial charge < -0.3 is 19.2 Å². The van der Waals surface area contributed by atoms with Crippen molar-refractivity contribution >= 4 is 35.1 Å². The van der Waals surface area contributed by atoms with Crippen LogP contribution in [-0.4, -0.2) is 40.3 Å². The molecule has 9 nitrogen and oxygen atoms in total. The summed E-state index contributed by atoms with van der Waals surface area (Å²) in [4.78, 5) is 51.5. The van der Waals surface area contributed by atoms with Crippen LogP contribution in [0.1, 0.15) is 61.1 Å². The first-order valence-corrected chi connectivity index (χ1v) is 13.0. The van der Waals surface area contributed by atoms with Crippen molar-refractivity contribution in [3.05, 3.63) is 103 Å². The lowest BCUT2D eigenvalue weighted by molar-refractivity contribution is -0.0592. The molecule has 12 heteroatoms. The molecular weight excluding hydrogens is 554 g/mol. The molecular formula is C27H29Cl2FN2O7. The van der Waals surface area contributed by atoms with Crippen LogP contribution in [0, 0.1) is 5.82 Å². The summed E-state index contributed by atoms with van der Waals surface area (Å²) in [6.45, 7) is 7.62. The quantitative estimate of drug-likeness (QED) is 0.386. The molecule has 0 bridgehead atoms. The van der Waals surface area contributed by atoms with Gasteiger partial charge in [-0.2, -0.15) is 4.39 Å². The van der Waals surface area contributed by atoms with E-state index >= 15 is 0 Å². The van der Waals surface area contributed by atoms with Crippen molar-refractivity contribution in [1.82, 2.24) is 9.55 Å². The molecule has 1 aliphatic heterocycles. The first-order valence-electron chi connectivity index (χ1n) is 12.3. The molecule has 1 saturated heterocycles. The van der Waals surface area contributed by atoms with E-state index in [2.05, 4.69) is 4.98 Å². The van der Waals surface area contributed by atoms with Gasteiger partial charge in [-0.1, -0.05) is 50.9 Å². The number of nitrogens with one attached hydrogen (secondary N) is 1. The largest absolute Gasteiger partial charge is 0.459 e. The molecule has 2 unspecified atom stereocenters. The molecule has 1 fully saturated rings. The van der Waals surface area contributed by atoms with Crippen molar-refractivity contribution < 1.29 is 28.2 Å². The number of hydrogen-bond donors (Lipinski definition) is 1. The van der Waals surface area contributed by atoms with Crippen LogP contribution in [0.25, 0.3) is 0 Å². The third kappa shape index (κ3) is 8.26. The van der Waals surface area contributed by atoms with E-state index in [0.717, 1.165) is 0 Å².